The van der Waals surface area contributed by atoms with Crippen molar-refractivity contribution in [2.24, 2.45) is 0 Å². The molecule has 1 unspecified atom stereocenters. The first kappa shape index (κ1) is 13.9. The summed E-state index contributed by atoms with van der Waals surface area (Å²) in [5, 5.41) is 15.8. The quantitative estimate of drug-likeness (QED) is 0.864. The minimum atomic E-state index is -0.0812. The third-order valence-electron chi connectivity index (χ3n) is 2.84. The summed E-state index contributed by atoms with van der Waals surface area (Å²) in [4.78, 5) is 0. The van der Waals surface area contributed by atoms with E-state index in [-0.39, 0.29) is 6.04 Å². The van der Waals surface area contributed by atoms with E-state index in [2.05, 4.69) is 20.6 Å². The van der Waals surface area contributed by atoms with E-state index in [0.29, 0.717) is 18.2 Å². The number of hydrogen-bond donors (Lipinski definition) is 1. The van der Waals surface area contributed by atoms with Crippen molar-refractivity contribution in [3.05, 3.63) is 40.9 Å². The van der Waals surface area contributed by atoms with Crippen LogP contribution in [0.25, 0.3) is 0 Å². The normalized spacial score (nSPS) is 12.6. The third-order valence-corrected chi connectivity index (χ3v) is 3.13. The maximum atomic E-state index is 6.25. The maximum Gasteiger partial charge on any atom is 0.0837 e. The molecule has 2 rings (SSSR count). The van der Waals surface area contributed by atoms with Crippen molar-refractivity contribution in [2.75, 3.05) is 20.8 Å². The SMILES string of the molecule is CNC(c1ccnnc1)c1c(Cl)cnn1CCOC. The van der Waals surface area contributed by atoms with E-state index >= 15 is 0 Å². The highest BCUT2D eigenvalue weighted by Crippen LogP contribution is 2.27. The molecule has 0 aromatic carbocycles. The Bertz CT molecular complexity index is 516. The standard InChI is InChI=1S/C12H16ClN5O/c1-14-11(9-3-4-15-16-7-9)12-10(13)8-17-18(12)5-6-19-2/h3-4,7-8,11,14H,5-6H2,1-2H3. The topological polar surface area (TPSA) is 64.9 Å². The van der Waals surface area contributed by atoms with Gasteiger partial charge in [0.2, 0.25) is 0 Å². The lowest BCUT2D eigenvalue weighted by atomic mass is 10.1. The first-order chi connectivity index (χ1) is 9.27. The number of halogens is 1. The van der Waals surface area contributed by atoms with Gasteiger partial charge in [0, 0.05) is 13.3 Å². The fourth-order valence-corrected chi connectivity index (χ4v) is 2.20. The van der Waals surface area contributed by atoms with Gasteiger partial charge in [-0.25, -0.2) is 0 Å². The Morgan fingerprint density at radius 1 is 1.42 bits per heavy atom. The largest absolute Gasteiger partial charge is 0.383 e. The molecule has 0 saturated heterocycles. The van der Waals surface area contributed by atoms with Crippen LogP contribution in [0.2, 0.25) is 5.02 Å². The summed E-state index contributed by atoms with van der Waals surface area (Å²) >= 11 is 6.25. The summed E-state index contributed by atoms with van der Waals surface area (Å²) in [5.41, 5.74) is 1.88. The van der Waals surface area contributed by atoms with Gasteiger partial charge in [-0.05, 0) is 18.7 Å². The predicted molar refractivity (Wildman–Crippen MR) is 72.0 cm³/mol. The Morgan fingerprint density at radius 3 is 2.89 bits per heavy atom. The van der Waals surface area contributed by atoms with E-state index in [1.54, 1.807) is 25.7 Å². The Labute approximate surface area is 116 Å². The van der Waals surface area contributed by atoms with Crippen LogP contribution in [0.3, 0.4) is 0 Å². The number of rotatable bonds is 6. The molecule has 19 heavy (non-hydrogen) atoms. The fourth-order valence-electron chi connectivity index (χ4n) is 1.95. The smallest absolute Gasteiger partial charge is 0.0837 e. The van der Waals surface area contributed by atoms with E-state index in [9.17, 15) is 0 Å². The molecule has 7 heteroatoms. The van der Waals surface area contributed by atoms with Gasteiger partial charge in [0.15, 0.2) is 0 Å². The number of nitrogens with one attached hydrogen (secondary N) is 1. The summed E-state index contributed by atoms with van der Waals surface area (Å²) in [7, 11) is 3.53. The summed E-state index contributed by atoms with van der Waals surface area (Å²) in [6.07, 6.45) is 5.01. The van der Waals surface area contributed by atoms with Crippen LogP contribution in [0.15, 0.2) is 24.7 Å². The van der Waals surface area contributed by atoms with E-state index in [1.165, 1.54) is 0 Å². The molecule has 0 amide bonds. The molecule has 0 saturated carbocycles. The fraction of sp³-hybridized carbons (Fsp3) is 0.417. The second-order valence-corrected chi connectivity index (χ2v) is 4.40. The molecular weight excluding hydrogens is 266 g/mol. The summed E-state index contributed by atoms with van der Waals surface area (Å²) in [5.74, 6) is 0. The highest BCUT2D eigenvalue weighted by Gasteiger charge is 2.20. The zero-order chi connectivity index (χ0) is 13.7. The van der Waals surface area contributed by atoms with Gasteiger partial charge in [-0.15, -0.1) is 0 Å². The van der Waals surface area contributed by atoms with Crippen molar-refractivity contribution in [3.8, 4) is 0 Å². The van der Waals surface area contributed by atoms with Gasteiger partial charge >= 0.3 is 0 Å². The molecule has 2 aromatic rings. The van der Waals surface area contributed by atoms with Crippen LogP contribution >= 0.6 is 11.6 Å². The number of methoxy groups -OCH3 is 1. The molecular formula is C12H16ClN5O. The molecule has 0 aliphatic heterocycles. The second kappa shape index (κ2) is 6.60. The van der Waals surface area contributed by atoms with Crippen molar-refractivity contribution < 1.29 is 4.74 Å². The number of nitrogens with zero attached hydrogens (tertiary/aromatic N) is 4. The van der Waals surface area contributed by atoms with E-state index in [0.717, 1.165) is 11.3 Å². The van der Waals surface area contributed by atoms with Crippen molar-refractivity contribution in [3.63, 3.8) is 0 Å². The average Bonchev–Trinajstić information content (AvgIpc) is 2.80. The highest BCUT2D eigenvalue weighted by molar-refractivity contribution is 6.31. The van der Waals surface area contributed by atoms with Gasteiger partial charge in [0.05, 0.1) is 42.3 Å². The summed E-state index contributed by atoms with van der Waals surface area (Å²) in [6, 6.07) is 1.82. The third kappa shape index (κ3) is 3.09. The molecule has 0 aliphatic carbocycles. The van der Waals surface area contributed by atoms with E-state index in [1.807, 2.05) is 17.8 Å². The Hall–Kier alpha value is -1.50. The first-order valence-corrected chi connectivity index (χ1v) is 6.29. The lowest BCUT2D eigenvalue weighted by Gasteiger charge is -2.18. The molecule has 6 nitrogen and oxygen atoms in total. The van der Waals surface area contributed by atoms with E-state index < -0.39 is 0 Å². The zero-order valence-corrected chi connectivity index (χ0v) is 11.6. The molecule has 102 valence electrons. The Kier molecular flexibility index (Phi) is 4.84. The van der Waals surface area contributed by atoms with Crippen molar-refractivity contribution in [2.45, 2.75) is 12.6 Å². The van der Waals surface area contributed by atoms with Crippen LogP contribution in [-0.2, 0) is 11.3 Å². The first-order valence-electron chi connectivity index (χ1n) is 5.92. The van der Waals surface area contributed by atoms with Gasteiger partial charge < -0.3 is 10.1 Å². The zero-order valence-electron chi connectivity index (χ0n) is 10.9. The minimum absolute atomic E-state index is 0.0812. The molecule has 0 bridgehead atoms. The lowest BCUT2D eigenvalue weighted by molar-refractivity contribution is 0.182. The van der Waals surface area contributed by atoms with Crippen LogP contribution in [-0.4, -0.2) is 40.7 Å². The van der Waals surface area contributed by atoms with E-state index in [4.69, 9.17) is 16.3 Å². The van der Waals surface area contributed by atoms with Gasteiger partial charge in [-0.1, -0.05) is 11.6 Å². The van der Waals surface area contributed by atoms with Crippen LogP contribution in [0.1, 0.15) is 17.3 Å². The van der Waals surface area contributed by atoms with Crippen LogP contribution in [0, 0.1) is 0 Å². The predicted octanol–water partition coefficient (Wildman–Crippen LogP) is 1.28. The van der Waals surface area contributed by atoms with Gasteiger partial charge in [0.1, 0.15) is 0 Å². The lowest BCUT2D eigenvalue weighted by Crippen LogP contribution is -2.23. The maximum absolute atomic E-state index is 6.25. The Balaban J connectivity index is 2.35. The van der Waals surface area contributed by atoms with Crippen molar-refractivity contribution in [1.29, 1.82) is 0 Å². The number of aromatic nitrogens is 4. The molecule has 2 heterocycles. The minimum Gasteiger partial charge on any atom is -0.383 e. The number of ether oxygens (including phenoxy) is 1. The molecule has 0 fully saturated rings. The summed E-state index contributed by atoms with van der Waals surface area (Å²) < 4.78 is 6.92. The number of hydrogen-bond acceptors (Lipinski definition) is 5. The molecule has 0 aliphatic rings. The monoisotopic (exact) mass is 281 g/mol. The van der Waals surface area contributed by atoms with Crippen LogP contribution < -0.4 is 5.32 Å². The summed E-state index contributed by atoms with van der Waals surface area (Å²) in [6.45, 7) is 1.23. The molecule has 1 N–H and O–H groups in total. The molecule has 0 spiro atoms. The molecule has 1 atom stereocenters. The second-order valence-electron chi connectivity index (χ2n) is 3.99. The van der Waals surface area contributed by atoms with Gasteiger partial charge in [-0.2, -0.15) is 15.3 Å². The van der Waals surface area contributed by atoms with Crippen LogP contribution in [0.4, 0.5) is 0 Å². The average molecular weight is 282 g/mol. The molecule has 2 aromatic heterocycles. The van der Waals surface area contributed by atoms with Crippen LogP contribution in [0.5, 0.6) is 0 Å². The molecule has 0 radical (unpaired) electrons. The van der Waals surface area contributed by atoms with Gasteiger partial charge in [-0.3, -0.25) is 4.68 Å². The van der Waals surface area contributed by atoms with Crippen molar-refractivity contribution >= 4 is 11.6 Å². The van der Waals surface area contributed by atoms with Crippen molar-refractivity contribution in [1.82, 2.24) is 25.3 Å². The Morgan fingerprint density at radius 2 is 2.26 bits per heavy atom. The van der Waals surface area contributed by atoms with Gasteiger partial charge in [0.25, 0.3) is 0 Å². The highest BCUT2D eigenvalue weighted by atomic mass is 35.5.